The molecule has 10 rings (SSSR count). The van der Waals surface area contributed by atoms with Gasteiger partial charge in [-0.25, -0.2) is 9.98 Å². The summed E-state index contributed by atoms with van der Waals surface area (Å²) in [5.74, 6) is 5.18. The van der Waals surface area contributed by atoms with Crippen molar-refractivity contribution in [2.45, 2.75) is 25.2 Å². The molecule has 0 amide bonds. The van der Waals surface area contributed by atoms with E-state index in [4.69, 9.17) is 19.5 Å². The van der Waals surface area contributed by atoms with Gasteiger partial charge in [-0.3, -0.25) is 0 Å². The van der Waals surface area contributed by atoms with E-state index in [0.29, 0.717) is 0 Å². The van der Waals surface area contributed by atoms with Crippen LogP contribution in [0.1, 0.15) is 18.4 Å². The first kappa shape index (κ1) is 26.9. The summed E-state index contributed by atoms with van der Waals surface area (Å²) in [4.78, 5) is 14.5. The first-order valence-electron chi connectivity index (χ1n) is 16.3. The number of aliphatic imine (C=N–C) groups is 2. The summed E-state index contributed by atoms with van der Waals surface area (Å²) >= 11 is 0. The summed E-state index contributed by atoms with van der Waals surface area (Å²) in [6.45, 7) is 0. The maximum Gasteiger partial charge on any atom is 0.182 e. The van der Waals surface area contributed by atoms with Gasteiger partial charge in [0.15, 0.2) is 29.2 Å². The Bertz CT molecular complexity index is 2150. The second-order valence-corrected chi connectivity index (χ2v) is 12.3. The van der Waals surface area contributed by atoms with E-state index in [1.165, 1.54) is 11.3 Å². The molecule has 5 aliphatic rings. The zero-order chi connectivity index (χ0) is 31.6. The minimum Gasteiger partial charge on any atom is -0.453 e. The fourth-order valence-electron chi connectivity index (χ4n) is 7.11. The van der Waals surface area contributed by atoms with Gasteiger partial charge in [-0.05, 0) is 97.3 Å². The number of fused-ring (bicyclic) bond motifs is 5. The van der Waals surface area contributed by atoms with E-state index in [9.17, 15) is 0 Å². The highest BCUT2D eigenvalue weighted by Crippen LogP contribution is 2.51. The van der Waals surface area contributed by atoms with Crippen molar-refractivity contribution in [1.29, 1.82) is 0 Å². The van der Waals surface area contributed by atoms with Crippen LogP contribution >= 0.6 is 0 Å². The van der Waals surface area contributed by atoms with Crippen molar-refractivity contribution >= 4 is 40.1 Å². The number of amidine groups is 2. The monoisotopic (exact) mass is 626 g/mol. The van der Waals surface area contributed by atoms with E-state index in [1.807, 2.05) is 60.7 Å². The molecule has 4 aliphatic heterocycles. The van der Waals surface area contributed by atoms with Gasteiger partial charge in [0, 0.05) is 16.9 Å². The van der Waals surface area contributed by atoms with Crippen LogP contribution < -0.4 is 29.9 Å². The minimum atomic E-state index is -0.211. The van der Waals surface area contributed by atoms with Crippen molar-refractivity contribution in [2.75, 3.05) is 9.80 Å². The number of para-hydroxylation sites is 8. The first-order chi connectivity index (χ1) is 23.8. The number of ether oxygens (including phenoxy) is 2. The molecule has 0 bridgehead atoms. The number of rotatable bonds is 4. The van der Waals surface area contributed by atoms with Crippen molar-refractivity contribution in [1.82, 2.24) is 10.6 Å². The summed E-state index contributed by atoms with van der Waals surface area (Å²) < 4.78 is 12.4. The zero-order valence-corrected chi connectivity index (χ0v) is 25.9. The highest BCUT2D eigenvalue weighted by atomic mass is 16.5. The maximum absolute atomic E-state index is 6.20. The quantitative estimate of drug-likeness (QED) is 0.204. The number of allylic oxidation sites excluding steroid dienone is 3. The molecule has 8 nitrogen and oxygen atoms in total. The van der Waals surface area contributed by atoms with Crippen LogP contribution in [0.2, 0.25) is 0 Å². The highest BCUT2D eigenvalue weighted by Gasteiger charge is 2.36. The van der Waals surface area contributed by atoms with E-state index in [0.717, 1.165) is 81.5 Å². The number of benzene rings is 5. The predicted octanol–water partition coefficient (Wildman–Crippen LogP) is 8.81. The summed E-state index contributed by atoms with van der Waals surface area (Å²) in [5.41, 5.74) is 8.65. The lowest BCUT2D eigenvalue weighted by molar-refractivity contribution is 0.475. The topological polar surface area (TPSA) is 73.7 Å². The van der Waals surface area contributed by atoms with Crippen molar-refractivity contribution in [2.24, 2.45) is 9.98 Å². The molecule has 2 atom stereocenters. The molecule has 0 aromatic heterocycles. The lowest BCUT2D eigenvalue weighted by Gasteiger charge is -2.35. The molecule has 5 aromatic rings. The van der Waals surface area contributed by atoms with Crippen LogP contribution in [0, 0.1) is 0 Å². The third-order valence-corrected chi connectivity index (χ3v) is 9.39. The second kappa shape index (κ2) is 10.6. The van der Waals surface area contributed by atoms with Crippen molar-refractivity contribution in [3.05, 3.63) is 150 Å². The smallest absolute Gasteiger partial charge is 0.182 e. The third-order valence-electron chi connectivity index (χ3n) is 9.39. The molecular formula is C40H30N6O2. The summed E-state index contributed by atoms with van der Waals surface area (Å²) in [6.07, 6.45) is 5.89. The molecule has 48 heavy (non-hydrogen) atoms. The molecule has 0 radical (unpaired) electrons. The predicted molar refractivity (Wildman–Crippen MR) is 190 cm³/mol. The van der Waals surface area contributed by atoms with E-state index in [-0.39, 0.29) is 12.3 Å². The van der Waals surface area contributed by atoms with Gasteiger partial charge >= 0.3 is 0 Å². The van der Waals surface area contributed by atoms with Crippen LogP contribution in [0.3, 0.4) is 0 Å². The Labute approximate surface area is 278 Å². The van der Waals surface area contributed by atoms with Crippen molar-refractivity contribution < 1.29 is 9.47 Å². The molecule has 1 aliphatic carbocycles. The van der Waals surface area contributed by atoms with Gasteiger partial charge in [-0.2, -0.15) is 0 Å². The van der Waals surface area contributed by atoms with E-state index in [1.54, 1.807) is 0 Å². The van der Waals surface area contributed by atoms with Gasteiger partial charge in [0.2, 0.25) is 0 Å². The molecule has 2 N–H and O–H groups in total. The number of nitrogens with zero attached hydrogens (tertiary/aromatic N) is 4. The molecule has 232 valence electrons. The molecule has 4 heterocycles. The van der Waals surface area contributed by atoms with Crippen molar-refractivity contribution in [3.8, 4) is 23.0 Å². The number of anilines is 5. The lowest BCUT2D eigenvalue weighted by Crippen LogP contribution is -2.44. The van der Waals surface area contributed by atoms with Crippen LogP contribution in [-0.4, -0.2) is 24.0 Å². The van der Waals surface area contributed by atoms with Gasteiger partial charge in [-0.15, -0.1) is 0 Å². The summed E-state index contributed by atoms with van der Waals surface area (Å²) in [6, 6.07) is 41.2. The normalized spacial score (nSPS) is 19.8. The Balaban J connectivity index is 0.892. The molecule has 0 saturated heterocycles. The maximum atomic E-state index is 6.20. The number of hydrogen-bond acceptors (Lipinski definition) is 8. The van der Waals surface area contributed by atoms with E-state index in [2.05, 4.69) is 93.2 Å². The van der Waals surface area contributed by atoms with Crippen LogP contribution in [-0.2, 0) is 0 Å². The highest BCUT2D eigenvalue weighted by molar-refractivity contribution is 6.05. The molecule has 0 fully saturated rings. The summed E-state index contributed by atoms with van der Waals surface area (Å²) in [5, 5.41) is 7.18. The van der Waals surface area contributed by atoms with Crippen LogP contribution in [0.25, 0.3) is 0 Å². The molecular weight excluding hydrogens is 596 g/mol. The zero-order valence-electron chi connectivity index (χ0n) is 25.9. The number of hydrogen-bond donors (Lipinski definition) is 2. The third kappa shape index (κ3) is 4.30. The van der Waals surface area contributed by atoms with Crippen LogP contribution in [0.15, 0.2) is 155 Å². The molecule has 0 spiro atoms. The van der Waals surface area contributed by atoms with Crippen LogP contribution in [0.4, 0.5) is 28.4 Å². The second-order valence-electron chi connectivity index (χ2n) is 12.3. The fraction of sp³-hybridized carbons (Fsp3) is 0.100. The molecule has 5 aromatic carbocycles. The van der Waals surface area contributed by atoms with E-state index < -0.39 is 0 Å². The fourth-order valence-corrected chi connectivity index (χ4v) is 7.11. The Morgan fingerprint density at radius 1 is 0.521 bits per heavy atom. The first-order valence-corrected chi connectivity index (χ1v) is 16.3. The Morgan fingerprint density at radius 2 is 1.02 bits per heavy atom. The number of nitrogens with one attached hydrogen (secondary N) is 2. The Kier molecular flexibility index (Phi) is 5.96. The summed E-state index contributed by atoms with van der Waals surface area (Å²) in [7, 11) is 0. The Morgan fingerprint density at radius 3 is 1.54 bits per heavy atom. The van der Waals surface area contributed by atoms with Gasteiger partial charge < -0.3 is 29.9 Å². The molecule has 2 unspecified atom stereocenters. The minimum absolute atomic E-state index is 0.0723. The molecule has 0 saturated carbocycles. The van der Waals surface area contributed by atoms with Gasteiger partial charge in [-0.1, -0.05) is 54.6 Å². The van der Waals surface area contributed by atoms with E-state index >= 15 is 0 Å². The van der Waals surface area contributed by atoms with Gasteiger partial charge in [0.05, 0.1) is 22.7 Å². The standard InChI is InChI=1S/C40H30N6O2/c1-5-13-33-29(9-1)45(30-10-2-6-14-34(30)47-33)27-21-17-25(18-22-27)37-41-39-40(42-37)44-38(43-39)26-19-23-28(24-20-26)46-31-11-3-7-15-35(31)48-36-16-8-4-12-32(36)46/h1-19,21-23,39-40H,20,24H2,(H,41,42)(H,43,44). The SMILES string of the molecule is C1=C(C2=NC3N=C(c4ccc(N5c6ccccc6Oc6ccccc65)cc4)NC3N2)CCC(N2c3ccccc3Oc3ccccc32)=C1. The average Bonchev–Trinajstić information content (AvgIpc) is 3.73. The lowest BCUT2D eigenvalue weighted by atomic mass is 9.99. The van der Waals surface area contributed by atoms with Crippen LogP contribution in [0.5, 0.6) is 23.0 Å². The van der Waals surface area contributed by atoms with Crippen molar-refractivity contribution in [3.63, 3.8) is 0 Å². The molecule has 8 heteroatoms. The largest absolute Gasteiger partial charge is 0.453 e. The van der Waals surface area contributed by atoms with Gasteiger partial charge in [0.25, 0.3) is 0 Å². The van der Waals surface area contributed by atoms with Gasteiger partial charge in [0.1, 0.15) is 17.8 Å². The Hall–Kier alpha value is -6.28. The average molecular weight is 627 g/mol.